The molecule has 2 aromatic heterocycles. The van der Waals surface area contributed by atoms with E-state index in [2.05, 4.69) is 15.0 Å². The first-order valence-corrected chi connectivity index (χ1v) is 14.6. The number of nitrogens with zero attached hydrogens (tertiary/aromatic N) is 4. The van der Waals surface area contributed by atoms with Crippen LogP contribution in [-0.2, 0) is 46.4 Å². The summed E-state index contributed by atoms with van der Waals surface area (Å²) in [6.45, 7) is 0.160. The first kappa shape index (κ1) is 29.7. The molecule has 4 N–H and O–H groups in total. The molecule has 236 valence electrons. The van der Waals surface area contributed by atoms with E-state index < -0.39 is 60.7 Å². The van der Waals surface area contributed by atoms with Crippen molar-refractivity contribution in [2.24, 2.45) is 0 Å². The molecule has 14 nitrogen and oxygen atoms in total. The van der Waals surface area contributed by atoms with Gasteiger partial charge in [0.25, 0.3) is 0 Å². The Morgan fingerprint density at radius 1 is 1.02 bits per heavy atom. The summed E-state index contributed by atoms with van der Waals surface area (Å²) in [5, 5.41) is 23.8. The van der Waals surface area contributed by atoms with Gasteiger partial charge in [-0.3, -0.25) is 4.57 Å². The first-order chi connectivity index (χ1) is 21.9. The maximum absolute atomic E-state index is 13.1. The van der Waals surface area contributed by atoms with Gasteiger partial charge in [0.05, 0.1) is 32.8 Å². The summed E-state index contributed by atoms with van der Waals surface area (Å²) in [7, 11) is 1.25. The number of aliphatic hydroxyl groups is 2. The number of aliphatic hydroxyl groups excluding tert-OH is 1. The van der Waals surface area contributed by atoms with Crippen LogP contribution in [-0.4, -0.2) is 91.3 Å². The zero-order valence-electron chi connectivity index (χ0n) is 24.3. The van der Waals surface area contributed by atoms with Gasteiger partial charge in [-0.1, -0.05) is 60.7 Å². The number of ether oxygens (including phenoxy) is 6. The highest BCUT2D eigenvalue weighted by Crippen LogP contribution is 2.47. The molecule has 0 aliphatic carbocycles. The second-order valence-electron chi connectivity index (χ2n) is 11.3. The Balaban J connectivity index is 1.22. The van der Waals surface area contributed by atoms with Crippen LogP contribution in [0.15, 0.2) is 73.3 Å². The van der Waals surface area contributed by atoms with Crippen LogP contribution in [0.4, 0.5) is 5.82 Å². The number of carbonyl (C=O) groups is 1. The van der Waals surface area contributed by atoms with Gasteiger partial charge in [-0.2, -0.15) is 0 Å². The molecule has 0 radical (unpaired) electrons. The molecule has 0 spiro atoms. The molecule has 3 fully saturated rings. The molecule has 7 rings (SSSR count). The van der Waals surface area contributed by atoms with Crippen molar-refractivity contribution in [1.29, 1.82) is 0 Å². The van der Waals surface area contributed by atoms with Crippen molar-refractivity contribution >= 4 is 23.0 Å². The van der Waals surface area contributed by atoms with Gasteiger partial charge in [-0.15, -0.1) is 0 Å². The van der Waals surface area contributed by atoms with Gasteiger partial charge in [0, 0.05) is 6.42 Å². The molecule has 5 heterocycles. The zero-order chi connectivity index (χ0) is 31.1. The molecule has 0 unspecified atom stereocenters. The summed E-state index contributed by atoms with van der Waals surface area (Å²) in [6, 6.07) is 18.7. The quantitative estimate of drug-likeness (QED) is 0.240. The molecule has 14 heteroatoms. The van der Waals surface area contributed by atoms with Crippen LogP contribution < -0.4 is 5.73 Å². The minimum atomic E-state index is -2.15. The van der Waals surface area contributed by atoms with Crippen molar-refractivity contribution in [2.75, 3.05) is 12.8 Å². The van der Waals surface area contributed by atoms with E-state index in [-0.39, 0.29) is 25.5 Å². The van der Waals surface area contributed by atoms with E-state index in [0.717, 1.165) is 11.1 Å². The Morgan fingerprint density at radius 3 is 2.40 bits per heavy atom. The lowest BCUT2D eigenvalue weighted by Crippen LogP contribution is -2.73. The van der Waals surface area contributed by atoms with Crippen molar-refractivity contribution in [1.82, 2.24) is 19.5 Å². The topological polar surface area (TPSA) is 183 Å². The summed E-state index contributed by atoms with van der Waals surface area (Å²) in [5.74, 6) is -2.66. The predicted molar refractivity (Wildman–Crippen MR) is 155 cm³/mol. The number of rotatable bonds is 8. The van der Waals surface area contributed by atoms with Gasteiger partial charge in [0.15, 0.2) is 23.8 Å². The lowest BCUT2D eigenvalue weighted by molar-refractivity contribution is -0.407. The summed E-state index contributed by atoms with van der Waals surface area (Å²) < 4.78 is 38.1. The SMILES string of the molecule is COC(=O)[C@H]1O[C@@H]2C[C@H]3O[C@@H](n4cnc5c(N)ncnc54)[C@H](O)[C@H]3O[C@@]2(O)[C@@H](OCc2ccccc2)[C@@H]1OCc1ccccc1. The number of carbonyl (C=O) groups excluding carboxylic acids is 1. The Hall–Kier alpha value is -4.02. The van der Waals surface area contributed by atoms with E-state index in [1.807, 2.05) is 60.7 Å². The van der Waals surface area contributed by atoms with Gasteiger partial charge in [0.1, 0.15) is 42.4 Å². The third-order valence-electron chi connectivity index (χ3n) is 8.51. The number of benzene rings is 2. The van der Waals surface area contributed by atoms with Crippen molar-refractivity contribution < 1.29 is 43.4 Å². The van der Waals surface area contributed by atoms with E-state index in [1.54, 1.807) is 4.57 Å². The van der Waals surface area contributed by atoms with Gasteiger partial charge in [-0.25, -0.2) is 19.7 Å². The Labute approximate surface area is 257 Å². The number of hydrogen-bond donors (Lipinski definition) is 3. The van der Waals surface area contributed by atoms with Crippen molar-refractivity contribution in [2.45, 2.75) is 74.4 Å². The Morgan fingerprint density at radius 2 is 1.71 bits per heavy atom. The fourth-order valence-corrected chi connectivity index (χ4v) is 6.29. The molecule has 0 bridgehead atoms. The lowest BCUT2D eigenvalue weighted by atomic mass is 9.84. The average molecular weight is 620 g/mol. The second kappa shape index (κ2) is 12.1. The largest absolute Gasteiger partial charge is 0.467 e. The Kier molecular flexibility index (Phi) is 7.95. The number of aromatic nitrogens is 4. The molecule has 3 aliphatic heterocycles. The average Bonchev–Trinajstić information content (AvgIpc) is 3.63. The summed E-state index contributed by atoms with van der Waals surface area (Å²) in [5.41, 5.74) is 8.34. The first-order valence-electron chi connectivity index (χ1n) is 14.6. The predicted octanol–water partition coefficient (Wildman–Crippen LogP) is 1.26. The number of nitrogens with two attached hydrogens (primary N) is 1. The third-order valence-corrected chi connectivity index (χ3v) is 8.51. The molecule has 9 atom stereocenters. The summed E-state index contributed by atoms with van der Waals surface area (Å²) in [6.07, 6.45) is -5.93. The van der Waals surface area contributed by atoms with Gasteiger partial charge in [-0.05, 0) is 11.1 Å². The molecule has 2 aromatic carbocycles. The van der Waals surface area contributed by atoms with Crippen LogP contribution in [0.1, 0.15) is 23.8 Å². The molecular weight excluding hydrogens is 586 g/mol. The standard InChI is InChI=1S/C31H33N5O9/c1-40-30(38)25-24(41-13-17-8-4-2-5-9-17)26(42-14-18-10-6-3-7-11-18)31(39)20(44-25)12-19-23(45-31)22(37)29(43-19)36-16-35-21-27(32)33-15-34-28(21)36/h2-11,15-16,19-20,22-26,29,37,39H,12-14H2,1H3,(H2,32,33,34)/t19-,20-,22-,23+,24-,25+,26+,29-,31-/m1/s1. The molecule has 0 saturated carbocycles. The molecule has 3 aliphatic rings. The number of hydrogen-bond acceptors (Lipinski definition) is 13. The molecule has 45 heavy (non-hydrogen) atoms. The van der Waals surface area contributed by atoms with Crippen LogP contribution >= 0.6 is 0 Å². The van der Waals surface area contributed by atoms with Gasteiger partial charge in [0.2, 0.25) is 5.79 Å². The number of anilines is 1. The number of fused-ring (bicyclic) bond motifs is 3. The van der Waals surface area contributed by atoms with E-state index >= 15 is 0 Å². The van der Waals surface area contributed by atoms with Crippen molar-refractivity contribution in [3.63, 3.8) is 0 Å². The number of methoxy groups -OCH3 is 1. The highest BCUT2D eigenvalue weighted by Gasteiger charge is 2.66. The van der Waals surface area contributed by atoms with Gasteiger partial charge < -0.3 is 44.4 Å². The molecular formula is C31H33N5O9. The fraction of sp³-hybridized carbons (Fsp3) is 0.419. The smallest absolute Gasteiger partial charge is 0.337 e. The van der Waals surface area contributed by atoms with Crippen molar-refractivity contribution in [3.05, 3.63) is 84.4 Å². The van der Waals surface area contributed by atoms with Crippen LogP contribution in [0.2, 0.25) is 0 Å². The van der Waals surface area contributed by atoms with Crippen LogP contribution in [0.25, 0.3) is 11.2 Å². The van der Waals surface area contributed by atoms with E-state index in [4.69, 9.17) is 34.2 Å². The number of esters is 1. The minimum absolute atomic E-state index is 0.0581. The maximum Gasteiger partial charge on any atom is 0.337 e. The number of nitrogen functional groups attached to an aromatic ring is 1. The van der Waals surface area contributed by atoms with E-state index in [9.17, 15) is 15.0 Å². The fourth-order valence-electron chi connectivity index (χ4n) is 6.29. The van der Waals surface area contributed by atoms with Crippen LogP contribution in [0, 0.1) is 0 Å². The highest BCUT2D eigenvalue weighted by molar-refractivity contribution is 5.81. The Bertz CT molecular complexity index is 1640. The highest BCUT2D eigenvalue weighted by atomic mass is 16.7. The molecule has 0 amide bonds. The summed E-state index contributed by atoms with van der Waals surface area (Å²) >= 11 is 0. The minimum Gasteiger partial charge on any atom is -0.467 e. The second-order valence-corrected chi connectivity index (χ2v) is 11.3. The normalized spacial score (nSPS) is 32.6. The maximum atomic E-state index is 13.1. The lowest BCUT2D eigenvalue weighted by Gasteiger charge is -2.54. The molecule has 3 saturated heterocycles. The monoisotopic (exact) mass is 619 g/mol. The van der Waals surface area contributed by atoms with Crippen LogP contribution in [0.3, 0.4) is 0 Å². The summed E-state index contributed by atoms with van der Waals surface area (Å²) in [4.78, 5) is 25.6. The number of imidazole rings is 1. The van der Waals surface area contributed by atoms with Crippen molar-refractivity contribution in [3.8, 4) is 0 Å². The molecule has 4 aromatic rings. The van der Waals surface area contributed by atoms with Crippen LogP contribution in [0.5, 0.6) is 0 Å². The zero-order valence-corrected chi connectivity index (χ0v) is 24.3. The van der Waals surface area contributed by atoms with E-state index in [1.165, 1.54) is 19.8 Å². The third kappa shape index (κ3) is 5.33. The van der Waals surface area contributed by atoms with E-state index in [0.29, 0.717) is 11.2 Å². The van der Waals surface area contributed by atoms with Gasteiger partial charge >= 0.3 is 5.97 Å².